The Morgan fingerprint density at radius 3 is 2.65 bits per heavy atom. The number of carboxylic acids is 1. The van der Waals surface area contributed by atoms with Gasteiger partial charge in [0.25, 0.3) is 0 Å². The summed E-state index contributed by atoms with van der Waals surface area (Å²) < 4.78 is 39.0. The Balaban J connectivity index is 3.25. The van der Waals surface area contributed by atoms with Crippen molar-refractivity contribution in [1.29, 1.82) is 5.26 Å². The minimum atomic E-state index is -4.10. The Hall–Kier alpha value is -1.98. The maximum atomic E-state index is 13.5. The van der Waals surface area contributed by atoms with E-state index < -0.39 is 32.3 Å². The van der Waals surface area contributed by atoms with Crippen molar-refractivity contribution in [2.45, 2.75) is 18.2 Å². The number of carbonyl (C=O) groups is 1. The zero-order valence-corrected chi connectivity index (χ0v) is 11.5. The number of nitriles is 1. The van der Waals surface area contributed by atoms with Gasteiger partial charge in [-0.25, -0.2) is 12.8 Å². The molecule has 0 unspecified atom stereocenters. The predicted octanol–water partition coefficient (Wildman–Crippen LogP) is 1.18. The monoisotopic (exact) mass is 300 g/mol. The van der Waals surface area contributed by atoms with E-state index in [4.69, 9.17) is 10.4 Å². The SMILES string of the molecule is CCN(CCC(=O)O)S(=O)(=O)c1cccc(F)c1C#N. The third-order valence-electron chi connectivity index (χ3n) is 2.63. The van der Waals surface area contributed by atoms with Crippen LogP contribution >= 0.6 is 0 Å². The molecule has 1 N–H and O–H groups in total. The van der Waals surface area contributed by atoms with Gasteiger partial charge in [-0.2, -0.15) is 9.57 Å². The highest BCUT2D eigenvalue weighted by molar-refractivity contribution is 7.89. The van der Waals surface area contributed by atoms with Crippen LogP contribution in [0.5, 0.6) is 0 Å². The average Bonchev–Trinajstić information content (AvgIpc) is 2.38. The van der Waals surface area contributed by atoms with Crippen LogP contribution in [0.4, 0.5) is 4.39 Å². The lowest BCUT2D eigenvalue weighted by Gasteiger charge is -2.20. The summed E-state index contributed by atoms with van der Waals surface area (Å²) in [6, 6.07) is 4.82. The molecule has 6 nitrogen and oxygen atoms in total. The molecule has 0 aromatic heterocycles. The van der Waals surface area contributed by atoms with Crippen LogP contribution in [0.2, 0.25) is 0 Å². The highest BCUT2D eigenvalue weighted by atomic mass is 32.2. The minimum Gasteiger partial charge on any atom is -0.481 e. The number of halogens is 1. The molecule has 0 amide bonds. The van der Waals surface area contributed by atoms with Gasteiger partial charge < -0.3 is 5.11 Å². The maximum Gasteiger partial charge on any atom is 0.304 e. The predicted molar refractivity (Wildman–Crippen MR) is 67.8 cm³/mol. The molecular formula is C12H13FN2O4S. The highest BCUT2D eigenvalue weighted by Gasteiger charge is 2.27. The molecule has 0 fully saturated rings. The van der Waals surface area contributed by atoms with Crippen molar-refractivity contribution in [3.05, 3.63) is 29.6 Å². The van der Waals surface area contributed by atoms with Gasteiger partial charge in [-0.05, 0) is 12.1 Å². The summed E-state index contributed by atoms with van der Waals surface area (Å²) in [5.74, 6) is -2.07. The van der Waals surface area contributed by atoms with E-state index in [0.717, 1.165) is 16.4 Å². The quantitative estimate of drug-likeness (QED) is 0.850. The number of hydrogen-bond acceptors (Lipinski definition) is 4. The number of benzene rings is 1. The Labute approximate surface area is 116 Å². The molecule has 0 saturated carbocycles. The zero-order valence-electron chi connectivity index (χ0n) is 10.7. The third-order valence-corrected chi connectivity index (χ3v) is 4.65. The summed E-state index contributed by atoms with van der Waals surface area (Å²) in [7, 11) is -4.10. The zero-order chi connectivity index (χ0) is 15.3. The molecule has 0 aliphatic carbocycles. The maximum absolute atomic E-state index is 13.5. The first-order valence-electron chi connectivity index (χ1n) is 5.75. The summed E-state index contributed by atoms with van der Waals surface area (Å²) in [6.45, 7) is 1.32. The van der Waals surface area contributed by atoms with Crippen molar-refractivity contribution >= 4 is 16.0 Å². The van der Waals surface area contributed by atoms with Crippen LogP contribution in [-0.4, -0.2) is 36.9 Å². The van der Waals surface area contributed by atoms with Gasteiger partial charge in [0, 0.05) is 13.1 Å². The first-order chi connectivity index (χ1) is 9.34. The van der Waals surface area contributed by atoms with E-state index in [1.807, 2.05) is 0 Å². The van der Waals surface area contributed by atoms with E-state index in [0.29, 0.717) is 0 Å². The van der Waals surface area contributed by atoms with Gasteiger partial charge in [-0.3, -0.25) is 4.79 Å². The lowest BCUT2D eigenvalue weighted by Crippen LogP contribution is -2.33. The molecular weight excluding hydrogens is 287 g/mol. The lowest BCUT2D eigenvalue weighted by atomic mass is 10.2. The number of nitrogens with zero attached hydrogens (tertiary/aromatic N) is 2. The summed E-state index contributed by atoms with van der Waals surface area (Å²) in [4.78, 5) is 10.1. The van der Waals surface area contributed by atoms with Crippen molar-refractivity contribution < 1.29 is 22.7 Å². The molecule has 0 spiro atoms. The van der Waals surface area contributed by atoms with Gasteiger partial charge in [0.15, 0.2) is 0 Å². The smallest absolute Gasteiger partial charge is 0.304 e. The lowest BCUT2D eigenvalue weighted by molar-refractivity contribution is -0.137. The Morgan fingerprint density at radius 2 is 2.15 bits per heavy atom. The number of carboxylic acid groups (broad SMARTS) is 1. The fourth-order valence-corrected chi connectivity index (χ4v) is 3.24. The molecule has 0 aliphatic rings. The van der Waals surface area contributed by atoms with Crippen LogP contribution < -0.4 is 0 Å². The van der Waals surface area contributed by atoms with Crippen LogP contribution in [0, 0.1) is 17.1 Å². The van der Waals surface area contributed by atoms with E-state index in [-0.39, 0.29) is 19.5 Å². The van der Waals surface area contributed by atoms with E-state index in [1.54, 1.807) is 0 Å². The van der Waals surface area contributed by atoms with Crippen LogP contribution in [0.25, 0.3) is 0 Å². The van der Waals surface area contributed by atoms with E-state index in [9.17, 15) is 17.6 Å². The van der Waals surface area contributed by atoms with Crippen molar-refractivity contribution in [3.63, 3.8) is 0 Å². The highest BCUT2D eigenvalue weighted by Crippen LogP contribution is 2.22. The first-order valence-corrected chi connectivity index (χ1v) is 7.19. The van der Waals surface area contributed by atoms with Crippen LogP contribution in [-0.2, 0) is 14.8 Å². The average molecular weight is 300 g/mol. The first kappa shape index (κ1) is 16.1. The van der Waals surface area contributed by atoms with Gasteiger partial charge in [0.05, 0.1) is 6.42 Å². The van der Waals surface area contributed by atoms with Crippen LogP contribution in [0.15, 0.2) is 23.1 Å². The van der Waals surface area contributed by atoms with Crippen molar-refractivity contribution in [2.75, 3.05) is 13.1 Å². The molecule has 0 bridgehead atoms. The van der Waals surface area contributed by atoms with Crippen molar-refractivity contribution in [3.8, 4) is 6.07 Å². The minimum absolute atomic E-state index is 0.0248. The fraction of sp³-hybridized carbons (Fsp3) is 0.333. The summed E-state index contributed by atoms with van der Waals surface area (Å²) in [5.41, 5.74) is -0.568. The molecule has 0 radical (unpaired) electrons. The molecule has 0 aliphatic heterocycles. The van der Waals surface area contributed by atoms with Gasteiger partial charge in [0.2, 0.25) is 10.0 Å². The molecule has 1 aromatic carbocycles. The summed E-state index contributed by atoms with van der Waals surface area (Å²) in [5, 5.41) is 17.5. The van der Waals surface area contributed by atoms with Crippen LogP contribution in [0.1, 0.15) is 18.9 Å². The molecule has 1 rings (SSSR count). The second-order valence-corrected chi connectivity index (χ2v) is 5.77. The molecule has 0 heterocycles. The summed E-state index contributed by atoms with van der Waals surface area (Å²) >= 11 is 0. The Kier molecular flexibility index (Phi) is 5.19. The standard InChI is InChI=1S/C12H13FN2O4S/c1-2-15(7-6-12(16)17)20(18,19)11-5-3-4-10(13)9(11)8-14/h3-5H,2,6-7H2,1H3,(H,16,17). The fourth-order valence-electron chi connectivity index (χ4n) is 1.64. The van der Waals surface area contributed by atoms with E-state index in [1.165, 1.54) is 19.1 Å². The number of aliphatic carboxylic acids is 1. The van der Waals surface area contributed by atoms with Crippen molar-refractivity contribution in [1.82, 2.24) is 4.31 Å². The molecule has 20 heavy (non-hydrogen) atoms. The van der Waals surface area contributed by atoms with Gasteiger partial charge in [-0.15, -0.1) is 0 Å². The van der Waals surface area contributed by atoms with Gasteiger partial charge in [0.1, 0.15) is 22.3 Å². The largest absolute Gasteiger partial charge is 0.481 e. The second kappa shape index (κ2) is 6.45. The third kappa shape index (κ3) is 3.31. The molecule has 108 valence electrons. The topological polar surface area (TPSA) is 98.5 Å². The van der Waals surface area contributed by atoms with Crippen molar-refractivity contribution in [2.24, 2.45) is 0 Å². The molecule has 0 atom stereocenters. The van der Waals surface area contributed by atoms with Gasteiger partial charge in [-0.1, -0.05) is 13.0 Å². The molecule has 0 saturated heterocycles. The number of rotatable bonds is 6. The van der Waals surface area contributed by atoms with Gasteiger partial charge >= 0.3 is 5.97 Å². The second-order valence-electron chi connectivity index (χ2n) is 3.87. The Morgan fingerprint density at radius 1 is 1.50 bits per heavy atom. The molecule has 8 heteroatoms. The number of sulfonamides is 1. The van der Waals surface area contributed by atoms with Crippen LogP contribution in [0.3, 0.4) is 0 Å². The Bertz CT molecular complexity index is 652. The normalized spacial score (nSPS) is 11.3. The summed E-state index contributed by atoms with van der Waals surface area (Å²) in [6.07, 6.45) is -0.371. The molecule has 1 aromatic rings. The number of hydrogen-bond donors (Lipinski definition) is 1. The van der Waals surface area contributed by atoms with E-state index in [2.05, 4.69) is 0 Å². The van der Waals surface area contributed by atoms with E-state index >= 15 is 0 Å².